The Labute approximate surface area is 366 Å². The highest BCUT2D eigenvalue weighted by Gasteiger charge is 2.53. The number of aromatic hydroxyl groups is 1. The molecular weight excluding hydrogens is 674 g/mol. The molecule has 0 spiro atoms. The van der Waals surface area contributed by atoms with E-state index in [0.29, 0.717) is 17.1 Å². The number of hydrogen-bond donors (Lipinski definition) is 2. The zero-order valence-corrected chi connectivity index (χ0v) is 31.1. The van der Waals surface area contributed by atoms with Crippen molar-refractivity contribution < 1.29 is 19.6 Å². The van der Waals surface area contributed by atoms with Crippen molar-refractivity contribution in [1.29, 1.82) is 0 Å². The molecule has 57 heavy (non-hydrogen) atoms. The van der Waals surface area contributed by atoms with Gasteiger partial charge in [-0.05, 0) is 18.2 Å². The summed E-state index contributed by atoms with van der Waals surface area (Å²) in [6, 6.07) is 8.41. The Morgan fingerprint density at radius 2 is 1.00 bits per heavy atom. The molecule has 2 aromatic rings. The summed E-state index contributed by atoms with van der Waals surface area (Å²) in [4.78, 5) is 26.6. The van der Waals surface area contributed by atoms with Crippen LogP contribution in [0.2, 0.25) is 0 Å². The highest BCUT2D eigenvalue weighted by molar-refractivity contribution is 8.28. The minimum Gasteiger partial charge on any atom is -0.502 e. The monoisotopic (exact) mass is 690 g/mol. The van der Waals surface area contributed by atoms with Crippen molar-refractivity contribution in [2.24, 2.45) is 0 Å². The van der Waals surface area contributed by atoms with E-state index in [0.717, 1.165) is 12.1 Å². The maximum atomic E-state index is 10.9. The van der Waals surface area contributed by atoms with Crippen molar-refractivity contribution in [2.75, 3.05) is 11.9 Å². The molecule has 0 aromatic heterocycles. The SMILES string of the molecule is [B]B([B])B([B])B(B([B])[B])B(B(B([B])[B])B([B])[B])B(B(B([B])[B])B([B])[B])B(B([B])[B])B([B])[B].[C-]#[N+]c1ccc(O)c([N+](=O)[O-])c1.[C-]#[N+]c1ccc2c(c1)NC(=O)CO2. The molecule has 3 rings (SSSR count). The lowest BCUT2D eigenvalue weighted by Crippen LogP contribution is -2.89. The number of nitrogens with zero attached hydrogens (tertiary/aromatic N) is 3. The van der Waals surface area contributed by atoms with Crippen LogP contribution in [0.15, 0.2) is 36.4 Å². The first-order valence-electron chi connectivity index (χ1n) is 17.1. The minimum absolute atomic E-state index is 0.0460. The molecule has 2 aromatic carbocycles. The third-order valence-electron chi connectivity index (χ3n) is 9.23. The molecule has 0 saturated carbocycles. The quantitative estimate of drug-likeness (QED) is 0.0840. The van der Waals surface area contributed by atoms with Crippen molar-refractivity contribution >= 4 is 256 Å². The molecule has 2 N–H and O–H groups in total. The van der Waals surface area contributed by atoms with Crippen molar-refractivity contribution in [3.05, 3.63) is 69.3 Å². The fraction of sp³-hybridized carbons (Fsp3) is 0.0625. The first-order valence-corrected chi connectivity index (χ1v) is 17.1. The number of ether oxygens (including phenoxy) is 1. The van der Waals surface area contributed by atoms with Gasteiger partial charge in [0.15, 0.2) is 23.7 Å². The van der Waals surface area contributed by atoms with E-state index in [1.54, 1.807) is 18.2 Å². The fourth-order valence-electron chi connectivity index (χ4n) is 6.74. The van der Waals surface area contributed by atoms with Crippen LogP contribution in [0.25, 0.3) is 9.69 Å². The number of fused-ring (bicyclic) bond motifs is 1. The average Bonchev–Trinajstić information content (AvgIpc) is 3.10. The number of nitrogens with one attached hydrogen (secondary N) is 1. The molecule has 0 fully saturated rings. The summed E-state index contributed by atoms with van der Waals surface area (Å²) in [6.45, 7) is 13.4. The van der Waals surface area contributed by atoms with Crippen LogP contribution in [0.3, 0.4) is 0 Å². The largest absolute Gasteiger partial charge is 0.502 e. The second-order valence-corrected chi connectivity index (χ2v) is 13.3. The average molecular weight is 684 g/mol. The van der Waals surface area contributed by atoms with Crippen LogP contribution in [-0.4, -0.2) is 250 Å². The van der Waals surface area contributed by atoms with Crippen LogP contribution in [0.4, 0.5) is 22.7 Å². The summed E-state index contributed by atoms with van der Waals surface area (Å²) < 4.78 is 5.12. The molecule has 1 amide bonds. The van der Waals surface area contributed by atoms with Gasteiger partial charge in [0.1, 0.15) is 5.75 Å². The fourth-order valence-corrected chi connectivity index (χ4v) is 6.74. The molecule has 0 bridgehead atoms. The predicted molar refractivity (Wildman–Crippen MR) is 272 cm³/mol. The zero-order valence-electron chi connectivity index (χ0n) is 31.1. The van der Waals surface area contributed by atoms with E-state index in [9.17, 15) is 14.9 Å². The summed E-state index contributed by atoms with van der Waals surface area (Å²) in [5, 5.41) is 21.8. The second kappa shape index (κ2) is 24.9. The summed E-state index contributed by atoms with van der Waals surface area (Å²) >= 11 is 0. The zero-order chi connectivity index (χ0) is 44.1. The molecule has 0 saturated heterocycles. The normalized spacial score (nSPS) is 10.3. The van der Waals surface area contributed by atoms with E-state index < -0.39 is 112 Å². The summed E-state index contributed by atoms with van der Waals surface area (Å²) in [5.41, 5.74) is 0.761. The number of nitro benzene ring substituents is 1. The van der Waals surface area contributed by atoms with E-state index in [1.807, 2.05) is 0 Å². The number of nitro groups is 1. The van der Waals surface area contributed by atoms with Crippen LogP contribution < -0.4 is 10.1 Å². The van der Waals surface area contributed by atoms with Crippen LogP contribution in [0, 0.1) is 23.3 Å². The molecule has 9 nitrogen and oxygen atoms in total. The lowest BCUT2D eigenvalue weighted by molar-refractivity contribution is -0.385. The van der Waals surface area contributed by atoms with Gasteiger partial charge in [-0.2, -0.15) is 0 Å². The van der Waals surface area contributed by atoms with Gasteiger partial charge in [-0.15, -0.1) is 0 Å². The lowest BCUT2D eigenvalue weighted by Gasteiger charge is -2.51. The summed E-state index contributed by atoms with van der Waals surface area (Å²) in [5.74, 6) is 0.00836. The van der Waals surface area contributed by atoms with Crippen LogP contribution in [0.1, 0.15) is 0 Å². The Morgan fingerprint density at radius 1 is 0.614 bits per heavy atom. The maximum Gasteiger partial charge on any atom is 0.300 e. The van der Waals surface area contributed by atoms with Gasteiger partial charge < -0.3 is 15.2 Å². The molecule has 0 unspecified atom stereocenters. The first kappa shape index (κ1) is 53.0. The van der Waals surface area contributed by atoms with Crippen LogP contribution >= 0.6 is 0 Å². The highest BCUT2D eigenvalue weighted by atomic mass is 16.6. The van der Waals surface area contributed by atoms with Crippen LogP contribution in [-0.2, 0) is 4.79 Å². The first-order chi connectivity index (χ1) is 26.4. The minimum atomic E-state index is -1.11. The third-order valence-corrected chi connectivity index (χ3v) is 9.23. The third kappa shape index (κ3) is 15.5. The van der Waals surface area contributed by atoms with E-state index in [1.165, 1.54) is 6.07 Å². The van der Waals surface area contributed by atoms with Gasteiger partial charge in [0.25, 0.3) is 5.91 Å². The number of carbonyl (C=O) groups excluding carboxylic acids is 1. The lowest BCUT2D eigenvalue weighted by atomic mass is 8.30. The van der Waals surface area contributed by atoms with Crippen molar-refractivity contribution in [1.82, 2.24) is 0 Å². The van der Waals surface area contributed by atoms with Gasteiger partial charge in [-0.1, -0.05) is 12.1 Å². The number of phenolic OH excluding ortho intramolecular Hbond substituents is 1. The van der Waals surface area contributed by atoms with Gasteiger partial charge in [0.05, 0.1) is 23.8 Å². The molecule has 1 aliphatic heterocycles. The van der Waals surface area contributed by atoms with Gasteiger partial charge >= 0.3 is 5.69 Å². The maximum absolute atomic E-state index is 10.9. The van der Waals surface area contributed by atoms with Gasteiger partial charge in [0.2, 0.25) is 0 Å². The number of carbonyl (C=O) groups is 1. The van der Waals surface area contributed by atoms with Gasteiger partial charge in [0, 0.05) is 233 Å². The van der Waals surface area contributed by atoms with E-state index in [-0.39, 0.29) is 18.2 Å². The van der Waals surface area contributed by atoms with Crippen molar-refractivity contribution in [2.45, 2.75) is 0 Å². The molecule has 0 atom stereocenters. The number of benzene rings is 2. The topological polar surface area (TPSA) is 110 Å². The van der Waals surface area contributed by atoms with E-state index in [2.05, 4.69) is 15.0 Å². The second-order valence-electron chi connectivity index (χ2n) is 13.3. The highest BCUT2D eigenvalue weighted by Crippen LogP contribution is 2.31. The standard InChI is InChI=1S/C9H6N2O2.C7H4N2O3.B32/c1-10-6-2-3-8-7(4-6)11-9(12)5-13-8;1-8-5-2-3-7(10)6(4-5)9(11)12;1-18(2)26(17)30(25(15)16)32(29(23(11)12)24(13)14)31(27(19(3)4)20(5)6)28(21(7)8)22(9)10/h2-4H,5H2,(H,11,12);2-4,10H;. The van der Waals surface area contributed by atoms with Gasteiger partial charge in [-0.25, -0.2) is 9.69 Å². The molecule has 1 heterocycles. The predicted octanol–water partition coefficient (Wildman–Crippen LogP) is -8.77. The molecule has 34 radical (unpaired) electrons. The molecular formula is C16H10B32N4O5. The smallest absolute Gasteiger partial charge is 0.300 e. The Hall–Kier alpha value is -2.03. The number of hydrogen-bond acceptors (Lipinski definition) is 5. The Kier molecular flexibility index (Phi) is 23.2. The Bertz CT molecular complexity index is 1650. The van der Waals surface area contributed by atoms with Crippen molar-refractivity contribution in [3.63, 3.8) is 0 Å². The Morgan fingerprint density at radius 3 is 1.37 bits per heavy atom. The van der Waals surface area contributed by atoms with E-state index >= 15 is 0 Å². The van der Waals surface area contributed by atoms with Gasteiger partial charge in [-0.3, -0.25) is 14.9 Å². The van der Waals surface area contributed by atoms with Crippen LogP contribution in [0.5, 0.6) is 11.5 Å². The molecule has 0 aliphatic carbocycles. The Balaban J connectivity index is 0.000000520. The number of amides is 1. The number of phenols is 1. The summed E-state index contributed by atoms with van der Waals surface area (Å²) in [6.07, 6.45) is -15.2. The molecule has 41 heteroatoms. The number of rotatable bonds is 15. The summed E-state index contributed by atoms with van der Waals surface area (Å²) in [7, 11) is 103. The van der Waals surface area contributed by atoms with Crippen molar-refractivity contribution in [3.8, 4) is 11.5 Å². The molecule has 220 valence electrons. The van der Waals surface area contributed by atoms with E-state index in [4.69, 9.17) is 155 Å². The molecule has 1 aliphatic rings. The number of anilines is 1.